The van der Waals surface area contributed by atoms with Crippen LogP contribution >= 0.6 is 9.90 Å². The van der Waals surface area contributed by atoms with Gasteiger partial charge >= 0.3 is 23.9 Å². The zero-order valence-electron chi connectivity index (χ0n) is 2.12. The summed E-state index contributed by atoms with van der Waals surface area (Å²) in [6.07, 6.45) is 0. The summed E-state index contributed by atoms with van der Waals surface area (Å²) in [5, 5.41) is 0. The van der Waals surface area contributed by atoms with Crippen molar-refractivity contribution >= 4 is 51.2 Å². The first-order valence-corrected chi connectivity index (χ1v) is 0. The van der Waals surface area contributed by atoms with Gasteiger partial charge in [-0.25, -0.2) is 0 Å². The molecule has 0 heterocycles. The normalized spacial score (nSPS) is 0. The third-order valence-electron chi connectivity index (χ3n) is 0. The Kier molecular flexibility index (Phi) is 148. The van der Waals surface area contributed by atoms with Crippen molar-refractivity contribution in [2.45, 2.75) is 0 Å². The van der Waals surface area contributed by atoms with E-state index in [1.165, 1.54) is 0 Å². The first kappa shape index (κ1) is 32.6. The molecule has 4 heavy (non-hydrogen) atoms. The van der Waals surface area contributed by atoms with Gasteiger partial charge in [0, 0.05) is 19.5 Å². The van der Waals surface area contributed by atoms with E-state index >= 15 is 0 Å². The standard InChI is InChI=1S/Al.H3P.Sn.Zn.5H/h;1H3;;;;;;;. The third kappa shape index (κ3) is 8.83. The molecule has 4 heteroatoms. The van der Waals surface area contributed by atoms with Crippen LogP contribution in [0.2, 0.25) is 0 Å². The second-order valence-corrected chi connectivity index (χ2v) is 0. The van der Waals surface area contributed by atoms with Gasteiger partial charge in [0.25, 0.3) is 0 Å². The number of hydrogen-bond acceptors (Lipinski definition) is 0. The largest absolute Gasteiger partial charge is 0 e. The van der Waals surface area contributed by atoms with Gasteiger partial charge in [0.1, 0.15) is 0 Å². The summed E-state index contributed by atoms with van der Waals surface area (Å²) < 4.78 is 0. The molecule has 1 atom stereocenters. The van der Waals surface area contributed by atoms with Gasteiger partial charge < -0.3 is 0 Å². The fraction of sp³-hybridized carbons (Fsp3) is 0. The Labute approximate surface area is 70.0 Å². The summed E-state index contributed by atoms with van der Waals surface area (Å²) in [4.78, 5) is 0. The molecule has 0 saturated carbocycles. The van der Waals surface area contributed by atoms with Crippen molar-refractivity contribution < 1.29 is 19.5 Å². The Morgan fingerprint density at radius 1 is 1.00 bits per heavy atom. The Hall–Kier alpha value is 2.38. The van der Waals surface area contributed by atoms with Crippen LogP contribution in [0.5, 0.6) is 0 Å². The van der Waals surface area contributed by atoms with E-state index in [0.29, 0.717) is 0 Å². The van der Waals surface area contributed by atoms with Crippen molar-refractivity contribution in [2.24, 2.45) is 0 Å². The maximum atomic E-state index is 0. The molecule has 0 aromatic heterocycles. The predicted molar refractivity (Wildman–Crippen MR) is 29.6 cm³/mol. The summed E-state index contributed by atoms with van der Waals surface area (Å²) in [6, 6.07) is 0. The topological polar surface area (TPSA) is 0 Å². The van der Waals surface area contributed by atoms with Crippen molar-refractivity contribution in [3.05, 3.63) is 0 Å². The van der Waals surface area contributed by atoms with Crippen LogP contribution in [0.1, 0.15) is 0 Å². The zero-order valence-corrected chi connectivity index (χ0v) is 10.5. The molecular weight excluding hydrogens is 242 g/mol. The number of hydrogen-bond donors (Lipinski definition) is 0. The van der Waals surface area contributed by atoms with Crippen LogP contribution in [0.4, 0.5) is 0 Å². The van der Waals surface area contributed by atoms with Gasteiger partial charge in [-0.1, -0.05) is 0 Å². The molecule has 0 aliphatic rings. The monoisotopic (exact) mass is 250 g/mol. The molecule has 22 valence electrons. The third-order valence-corrected chi connectivity index (χ3v) is 0. The fourth-order valence-electron chi connectivity index (χ4n) is 0. The quantitative estimate of drug-likeness (QED) is 0.343. The Bertz CT molecular complexity index is 8.00. The average Bonchev–Trinajstić information content (AvgIpc) is 0. The molecule has 0 saturated heterocycles. The molecule has 0 spiro atoms. The first-order valence-electron chi connectivity index (χ1n) is 0. The molecule has 0 rings (SSSR count). The van der Waals surface area contributed by atoms with Gasteiger partial charge in [0.05, 0.1) is 0 Å². The second-order valence-electron chi connectivity index (χ2n) is 0. The SMILES string of the molecule is P.[AlH3].[SnH2].[Zn]. The maximum absolute atomic E-state index is 0. The van der Waals surface area contributed by atoms with Gasteiger partial charge in [-0.05, 0) is 0 Å². The van der Waals surface area contributed by atoms with Gasteiger partial charge in [0.2, 0.25) is 0 Å². The van der Waals surface area contributed by atoms with Crippen LogP contribution in [-0.4, -0.2) is 41.3 Å². The summed E-state index contributed by atoms with van der Waals surface area (Å²) in [6.45, 7) is 0. The molecule has 0 aromatic carbocycles. The molecular formula is H8AlPSnZn. The van der Waals surface area contributed by atoms with E-state index in [-0.39, 0.29) is 70.6 Å². The van der Waals surface area contributed by atoms with E-state index < -0.39 is 0 Å². The number of rotatable bonds is 0. The molecule has 0 aliphatic carbocycles. The molecule has 2 radical (unpaired) electrons. The minimum absolute atomic E-state index is 0. The van der Waals surface area contributed by atoms with Crippen molar-refractivity contribution in [1.29, 1.82) is 0 Å². The molecule has 0 N–H and O–H groups in total. The molecule has 1 unspecified atom stereocenters. The van der Waals surface area contributed by atoms with Crippen LogP contribution in [0.3, 0.4) is 0 Å². The van der Waals surface area contributed by atoms with E-state index in [2.05, 4.69) is 0 Å². The van der Waals surface area contributed by atoms with E-state index in [1.807, 2.05) is 0 Å². The van der Waals surface area contributed by atoms with Crippen molar-refractivity contribution in [2.75, 3.05) is 0 Å². The summed E-state index contributed by atoms with van der Waals surface area (Å²) in [5.41, 5.74) is 0. The summed E-state index contributed by atoms with van der Waals surface area (Å²) in [5.74, 6) is 0. The second kappa shape index (κ2) is 18.2. The van der Waals surface area contributed by atoms with Gasteiger partial charge in [-0.3, -0.25) is 0 Å². The van der Waals surface area contributed by atoms with Crippen LogP contribution in [-0.2, 0) is 19.5 Å². The van der Waals surface area contributed by atoms with E-state index in [9.17, 15) is 0 Å². The fourth-order valence-corrected chi connectivity index (χ4v) is 0. The average molecular weight is 250 g/mol. The maximum Gasteiger partial charge on any atom is 0 e. The van der Waals surface area contributed by atoms with Gasteiger partial charge in [0.15, 0.2) is 17.4 Å². The minimum Gasteiger partial charge on any atom is 0 e. The molecule has 0 fully saturated rings. The Morgan fingerprint density at radius 2 is 1.00 bits per heavy atom. The van der Waals surface area contributed by atoms with Crippen LogP contribution in [0.15, 0.2) is 0 Å². The molecule has 0 amide bonds. The van der Waals surface area contributed by atoms with Crippen molar-refractivity contribution in [3.8, 4) is 0 Å². The first-order chi connectivity index (χ1) is 0. The van der Waals surface area contributed by atoms with E-state index in [1.54, 1.807) is 0 Å². The molecule has 0 nitrogen and oxygen atoms in total. The molecule has 0 aliphatic heterocycles. The van der Waals surface area contributed by atoms with Crippen LogP contribution in [0, 0.1) is 0 Å². The van der Waals surface area contributed by atoms with Crippen LogP contribution in [0.25, 0.3) is 0 Å². The molecule has 0 aromatic rings. The Morgan fingerprint density at radius 3 is 1.00 bits per heavy atom. The van der Waals surface area contributed by atoms with Gasteiger partial charge in [-0.15, -0.1) is 0 Å². The van der Waals surface area contributed by atoms with Gasteiger partial charge in [-0.2, -0.15) is 9.90 Å². The predicted octanol–water partition coefficient (Wildman–Crippen LogP) is -2.04. The van der Waals surface area contributed by atoms with E-state index in [0.717, 1.165) is 0 Å². The van der Waals surface area contributed by atoms with Crippen molar-refractivity contribution in [1.82, 2.24) is 0 Å². The van der Waals surface area contributed by atoms with Crippen LogP contribution < -0.4 is 0 Å². The Balaban J connectivity index is 0. The molecule has 0 bridgehead atoms. The van der Waals surface area contributed by atoms with Crippen molar-refractivity contribution in [3.63, 3.8) is 0 Å². The zero-order chi connectivity index (χ0) is 0. The summed E-state index contributed by atoms with van der Waals surface area (Å²) >= 11 is 0. The summed E-state index contributed by atoms with van der Waals surface area (Å²) in [7, 11) is 0. The van der Waals surface area contributed by atoms with E-state index in [4.69, 9.17) is 0 Å². The smallest absolute Gasteiger partial charge is 0 e. The minimum atomic E-state index is 0.